The lowest BCUT2D eigenvalue weighted by Crippen LogP contribution is -2.50. The van der Waals surface area contributed by atoms with Crippen LogP contribution in [0.1, 0.15) is 0 Å². The van der Waals surface area contributed by atoms with E-state index in [4.69, 9.17) is 16.8 Å². The molecule has 0 aliphatic heterocycles. The molecule has 0 aromatic heterocycles. The molecule has 0 aliphatic rings. The summed E-state index contributed by atoms with van der Waals surface area (Å²) in [5.41, 5.74) is 0. The van der Waals surface area contributed by atoms with E-state index in [1.807, 2.05) is 19.6 Å². The first-order valence-corrected chi connectivity index (χ1v) is 16.7. The SMILES string of the molecule is CO[Si](C)(C)O[Si](C)O[Si](C)(C)O[Si](C)(C)C. The summed E-state index contributed by atoms with van der Waals surface area (Å²) in [4.78, 5) is 0. The predicted molar refractivity (Wildman–Crippen MR) is 80.2 cm³/mol. The van der Waals surface area contributed by atoms with Crippen molar-refractivity contribution in [3.63, 3.8) is 0 Å². The molecule has 0 fully saturated rings. The van der Waals surface area contributed by atoms with Crippen molar-refractivity contribution in [3.05, 3.63) is 0 Å². The second-order valence-electron chi connectivity index (χ2n) is 5.91. The Hall–Kier alpha value is 0.708. The second-order valence-corrected chi connectivity index (χ2v) is 19.6. The van der Waals surface area contributed by atoms with Crippen LogP contribution in [-0.2, 0) is 16.8 Å². The van der Waals surface area contributed by atoms with Gasteiger partial charge in [0.05, 0.1) is 0 Å². The number of hydrogen-bond donors (Lipinski definition) is 0. The Kier molecular flexibility index (Phi) is 6.50. The average molecular weight is 312 g/mol. The Balaban J connectivity index is 4.32. The van der Waals surface area contributed by atoms with Crippen LogP contribution in [0.25, 0.3) is 0 Å². The van der Waals surface area contributed by atoms with E-state index < -0.39 is 34.7 Å². The fourth-order valence-corrected chi connectivity index (χ4v) is 14.4. The van der Waals surface area contributed by atoms with E-state index in [9.17, 15) is 0 Å². The lowest BCUT2D eigenvalue weighted by atomic mass is 11.8. The monoisotopic (exact) mass is 311 g/mol. The zero-order valence-electron chi connectivity index (χ0n) is 12.6. The van der Waals surface area contributed by atoms with Gasteiger partial charge in [-0.25, -0.2) is 0 Å². The Labute approximate surface area is 111 Å². The quantitative estimate of drug-likeness (QED) is 0.677. The molecule has 0 aromatic carbocycles. The highest BCUT2D eigenvalue weighted by molar-refractivity contribution is 6.84. The van der Waals surface area contributed by atoms with Crippen LogP contribution in [0.5, 0.6) is 0 Å². The van der Waals surface area contributed by atoms with Gasteiger partial charge in [0.2, 0.25) is 0 Å². The predicted octanol–water partition coefficient (Wildman–Crippen LogP) is 3.04. The lowest BCUT2D eigenvalue weighted by Gasteiger charge is -2.34. The first-order chi connectivity index (χ1) is 7.37. The summed E-state index contributed by atoms with van der Waals surface area (Å²) in [6, 6.07) is 0. The Morgan fingerprint density at radius 3 is 1.53 bits per heavy atom. The van der Waals surface area contributed by atoms with Gasteiger partial charge in [-0.15, -0.1) is 0 Å². The van der Waals surface area contributed by atoms with E-state index in [0.717, 1.165) is 0 Å². The van der Waals surface area contributed by atoms with Crippen LogP contribution < -0.4 is 0 Å². The molecule has 0 atom stereocenters. The van der Waals surface area contributed by atoms with Gasteiger partial charge in [0.15, 0.2) is 8.32 Å². The van der Waals surface area contributed by atoms with Gasteiger partial charge in [-0.05, 0) is 52.4 Å². The minimum atomic E-state index is -2.07. The van der Waals surface area contributed by atoms with Crippen molar-refractivity contribution in [3.8, 4) is 0 Å². The summed E-state index contributed by atoms with van der Waals surface area (Å²) in [5, 5.41) is 0. The van der Waals surface area contributed by atoms with Crippen molar-refractivity contribution in [2.24, 2.45) is 0 Å². The molecule has 0 bridgehead atoms. The fraction of sp³-hybridized carbons (Fsp3) is 1.00. The van der Waals surface area contributed by atoms with Crippen molar-refractivity contribution >= 4 is 34.7 Å². The standard InChI is InChI=1S/C9H27O4Si4/c1-10-16(6,7)11-14(2)12-17(8,9)13-15(3,4)5/h1-9H3. The maximum absolute atomic E-state index is 6.12. The normalized spacial score (nSPS) is 14.5. The van der Waals surface area contributed by atoms with Crippen LogP contribution in [-0.4, -0.2) is 41.8 Å². The molecule has 4 nitrogen and oxygen atoms in total. The highest BCUT2D eigenvalue weighted by atomic mass is 28.5. The van der Waals surface area contributed by atoms with E-state index in [-0.39, 0.29) is 0 Å². The second kappa shape index (κ2) is 6.24. The lowest BCUT2D eigenvalue weighted by molar-refractivity contribution is 0.280. The van der Waals surface area contributed by atoms with Crippen molar-refractivity contribution in [1.29, 1.82) is 0 Å². The third-order valence-corrected chi connectivity index (χ3v) is 13.5. The fourth-order valence-electron chi connectivity index (χ4n) is 1.51. The van der Waals surface area contributed by atoms with Crippen LogP contribution in [0.15, 0.2) is 0 Å². The molecule has 0 saturated carbocycles. The van der Waals surface area contributed by atoms with Gasteiger partial charge in [-0.2, -0.15) is 0 Å². The summed E-state index contributed by atoms with van der Waals surface area (Å²) in [6.45, 7) is 16.8. The molecule has 0 spiro atoms. The molecule has 1 radical (unpaired) electrons. The van der Waals surface area contributed by atoms with Crippen LogP contribution in [0.3, 0.4) is 0 Å². The van der Waals surface area contributed by atoms with E-state index in [2.05, 4.69) is 32.7 Å². The largest absolute Gasteiger partial charge is 0.437 e. The van der Waals surface area contributed by atoms with Gasteiger partial charge in [-0.3, -0.25) is 0 Å². The van der Waals surface area contributed by atoms with Crippen LogP contribution in [0, 0.1) is 0 Å². The van der Waals surface area contributed by atoms with Crippen LogP contribution in [0.4, 0.5) is 0 Å². The van der Waals surface area contributed by atoms with Crippen molar-refractivity contribution in [2.45, 2.75) is 52.4 Å². The minimum Gasteiger partial charge on any atom is -0.437 e. The maximum Gasteiger partial charge on any atom is 0.362 e. The first-order valence-electron chi connectivity index (χ1n) is 5.84. The van der Waals surface area contributed by atoms with Gasteiger partial charge in [-0.1, -0.05) is 0 Å². The van der Waals surface area contributed by atoms with E-state index in [1.54, 1.807) is 7.11 Å². The van der Waals surface area contributed by atoms with Crippen LogP contribution >= 0.6 is 0 Å². The molecule has 0 heterocycles. The molecule has 17 heavy (non-hydrogen) atoms. The van der Waals surface area contributed by atoms with E-state index in [0.29, 0.717) is 0 Å². The summed E-state index contributed by atoms with van der Waals surface area (Å²) < 4.78 is 23.4. The molecule has 0 aliphatic carbocycles. The molecule has 0 saturated heterocycles. The number of rotatable bonds is 7. The van der Waals surface area contributed by atoms with Gasteiger partial charge in [0.1, 0.15) is 0 Å². The molecule has 103 valence electrons. The molecule has 0 unspecified atom stereocenters. The van der Waals surface area contributed by atoms with E-state index in [1.165, 1.54) is 0 Å². The zero-order valence-corrected chi connectivity index (χ0v) is 16.6. The molecule has 0 aromatic rings. The van der Waals surface area contributed by atoms with Gasteiger partial charge < -0.3 is 16.8 Å². The molecule has 0 rings (SSSR count). The highest BCUT2D eigenvalue weighted by Crippen LogP contribution is 2.18. The zero-order chi connectivity index (χ0) is 13.9. The molecule has 0 N–H and O–H groups in total. The number of hydrogen-bond acceptors (Lipinski definition) is 4. The summed E-state index contributed by atoms with van der Waals surface area (Å²) in [6.07, 6.45) is 0. The Morgan fingerprint density at radius 2 is 1.18 bits per heavy atom. The van der Waals surface area contributed by atoms with Crippen molar-refractivity contribution in [2.75, 3.05) is 7.11 Å². The summed E-state index contributed by atoms with van der Waals surface area (Å²) in [5.74, 6) is 0. The third kappa shape index (κ3) is 9.31. The minimum absolute atomic E-state index is 1.29. The third-order valence-electron chi connectivity index (χ3n) is 1.82. The molecule has 0 amide bonds. The van der Waals surface area contributed by atoms with Gasteiger partial charge >= 0.3 is 26.4 Å². The molecular formula is C9H27O4Si4. The van der Waals surface area contributed by atoms with Gasteiger partial charge in [0.25, 0.3) is 0 Å². The summed E-state index contributed by atoms with van der Waals surface area (Å²) in [7, 11) is -5.21. The first kappa shape index (κ1) is 17.7. The van der Waals surface area contributed by atoms with Crippen molar-refractivity contribution in [1.82, 2.24) is 0 Å². The summed E-state index contributed by atoms with van der Waals surface area (Å²) >= 11 is 0. The average Bonchev–Trinajstić information content (AvgIpc) is 1.96. The molecule has 8 heteroatoms. The van der Waals surface area contributed by atoms with E-state index >= 15 is 0 Å². The van der Waals surface area contributed by atoms with Crippen molar-refractivity contribution < 1.29 is 16.8 Å². The highest BCUT2D eigenvalue weighted by Gasteiger charge is 2.36. The van der Waals surface area contributed by atoms with Crippen LogP contribution in [0.2, 0.25) is 52.4 Å². The maximum atomic E-state index is 6.12. The smallest absolute Gasteiger partial charge is 0.362 e. The molecular weight excluding hydrogens is 284 g/mol. The Morgan fingerprint density at radius 1 is 0.765 bits per heavy atom. The topological polar surface area (TPSA) is 36.9 Å². The Bertz CT molecular complexity index is 240. The van der Waals surface area contributed by atoms with Gasteiger partial charge in [0, 0.05) is 7.11 Å².